The molecule has 0 bridgehead atoms. The van der Waals surface area contributed by atoms with Crippen LogP contribution >= 0.6 is 0 Å². The Bertz CT molecular complexity index is 7150. The lowest BCUT2D eigenvalue weighted by Gasteiger charge is -2.11. The second-order valence-corrected chi connectivity index (χ2v) is 29.1. The standard InChI is InChI=1S/C83H44N6O6S2/c90-81-61-21-8-7-18-53(61)66-39-52(40-67-62-36-48(29-34-70(62)88(81)78(66)67)50-27-32-57-56-20-10-12-25-73(56)96(92,93)75(57)41-50)51-28-33-58-65-37-49(30-35-74(65)97(94,95)76(58)42-51)47-26-31-54-59-22-13-23-60-64-44-71-63(43-72(64)89(77(59)60)82(91)68(54)38-47)55-19-9-11-24-69(55)87(71)83-85-79(45-14-3-1-4-15-45)84-80(86-83)46-16-5-2-6-17-46/h1-44H. The Morgan fingerprint density at radius 2 is 0.701 bits per heavy atom. The zero-order chi connectivity index (χ0) is 64.5. The zero-order valence-electron chi connectivity index (χ0n) is 50.9. The Balaban J connectivity index is 0.687. The Morgan fingerprint density at radius 3 is 1.43 bits per heavy atom. The third-order valence-electron chi connectivity index (χ3n) is 20.3. The molecule has 0 fully saturated rings. The molecule has 0 amide bonds. The second-order valence-electron chi connectivity index (χ2n) is 25.3. The van der Waals surface area contributed by atoms with Crippen molar-refractivity contribution in [1.29, 1.82) is 0 Å². The molecule has 0 spiro atoms. The van der Waals surface area contributed by atoms with Crippen LogP contribution < -0.4 is 11.1 Å². The summed E-state index contributed by atoms with van der Waals surface area (Å²) < 4.78 is 63.3. The third-order valence-corrected chi connectivity index (χ3v) is 24.0. The van der Waals surface area contributed by atoms with Crippen molar-refractivity contribution >= 4 is 117 Å². The number of fused-ring (bicyclic) bond motifs is 19. The smallest absolute Gasteiger partial charge is 0.263 e. The molecule has 454 valence electrons. The molecule has 2 aliphatic heterocycles. The second kappa shape index (κ2) is 19.1. The normalized spacial score (nSPS) is 13.8. The van der Waals surface area contributed by atoms with E-state index in [1.807, 2.05) is 205 Å². The molecule has 0 aliphatic carbocycles. The summed E-state index contributed by atoms with van der Waals surface area (Å²) in [5.41, 5.74) is 13.1. The van der Waals surface area contributed by atoms with Crippen LogP contribution in [0.25, 0.3) is 182 Å². The van der Waals surface area contributed by atoms with E-state index in [0.29, 0.717) is 72.2 Å². The van der Waals surface area contributed by atoms with Crippen molar-refractivity contribution in [3.63, 3.8) is 0 Å². The molecule has 19 aromatic rings. The van der Waals surface area contributed by atoms with E-state index < -0.39 is 19.7 Å². The van der Waals surface area contributed by atoms with Gasteiger partial charge in [0.25, 0.3) is 11.1 Å². The minimum atomic E-state index is -4.02. The van der Waals surface area contributed by atoms with Gasteiger partial charge >= 0.3 is 0 Å². The third kappa shape index (κ3) is 7.31. The summed E-state index contributed by atoms with van der Waals surface area (Å²) in [6, 6.07) is 85.5. The lowest BCUT2D eigenvalue weighted by Crippen LogP contribution is -2.13. The van der Waals surface area contributed by atoms with Gasteiger partial charge in [0.1, 0.15) is 0 Å². The summed E-state index contributed by atoms with van der Waals surface area (Å²) in [5.74, 6) is 1.56. The van der Waals surface area contributed by atoms with Crippen molar-refractivity contribution in [3.8, 4) is 84.4 Å². The fraction of sp³-hybridized carbons (Fsp3) is 0. The predicted molar refractivity (Wildman–Crippen MR) is 385 cm³/mol. The highest BCUT2D eigenvalue weighted by atomic mass is 32.2. The van der Waals surface area contributed by atoms with E-state index in [1.165, 1.54) is 0 Å². The number of hydrogen-bond acceptors (Lipinski definition) is 9. The first-order valence-electron chi connectivity index (χ1n) is 31.8. The van der Waals surface area contributed by atoms with Gasteiger partial charge < -0.3 is 0 Å². The van der Waals surface area contributed by atoms with Gasteiger partial charge in [-0.2, -0.15) is 9.97 Å². The quantitative estimate of drug-likeness (QED) is 0.148. The van der Waals surface area contributed by atoms with Gasteiger partial charge in [-0.05, 0) is 129 Å². The number of para-hydroxylation sites is 2. The highest BCUT2D eigenvalue weighted by Gasteiger charge is 2.36. The molecule has 97 heavy (non-hydrogen) atoms. The van der Waals surface area contributed by atoms with E-state index in [2.05, 4.69) is 41.0 Å². The van der Waals surface area contributed by atoms with Crippen LogP contribution in [0.15, 0.2) is 296 Å². The molecule has 13 aromatic carbocycles. The van der Waals surface area contributed by atoms with Crippen LogP contribution in [0.2, 0.25) is 0 Å². The SMILES string of the molecule is O=c1c2ccccc2c2cc(-c3ccc4c(c3)S(=O)(=O)c3ccc(-c5ccc6c(c5)c(=O)n5c7cc8c9ccccc9n(-c9nc(-c%10ccccc%10)nc(-c%10ccccc%10)n9)c8cc7c7cccc6c75)cc3-4)cc3c4cc(-c5ccc6c(c5)S(=O)(=O)c5ccccc5-6)ccc4n1c23. The molecule has 0 saturated carbocycles. The summed E-state index contributed by atoms with van der Waals surface area (Å²) in [6.07, 6.45) is 0. The molecule has 0 N–H and O–H groups in total. The van der Waals surface area contributed by atoms with Gasteiger partial charge in [-0.1, -0.05) is 182 Å². The highest BCUT2D eigenvalue weighted by molar-refractivity contribution is 7.92. The van der Waals surface area contributed by atoms with Crippen LogP contribution in [-0.4, -0.2) is 45.2 Å². The van der Waals surface area contributed by atoms with Gasteiger partial charge in [0.05, 0.1) is 52.7 Å². The first-order chi connectivity index (χ1) is 47.4. The number of sulfone groups is 2. The van der Waals surface area contributed by atoms with E-state index in [1.54, 1.807) is 34.7 Å². The lowest BCUT2D eigenvalue weighted by atomic mass is 9.94. The fourth-order valence-corrected chi connectivity index (χ4v) is 19.3. The Hall–Kier alpha value is -12.5. The van der Waals surface area contributed by atoms with E-state index in [4.69, 9.17) is 15.0 Å². The fourth-order valence-electron chi connectivity index (χ4n) is 15.9. The Morgan fingerprint density at radius 1 is 0.247 bits per heavy atom. The van der Waals surface area contributed by atoms with Crippen LogP contribution in [0.1, 0.15) is 0 Å². The lowest BCUT2D eigenvalue weighted by molar-refractivity contribution is 0.597. The number of aromatic nitrogens is 6. The van der Waals surface area contributed by atoms with Gasteiger partial charge in [0.15, 0.2) is 11.6 Å². The maximum Gasteiger partial charge on any atom is 0.263 e. The predicted octanol–water partition coefficient (Wildman–Crippen LogP) is 18.0. The van der Waals surface area contributed by atoms with E-state index >= 15 is 4.79 Å². The summed E-state index contributed by atoms with van der Waals surface area (Å²) >= 11 is 0. The average Bonchev–Trinajstić information content (AvgIpc) is 1.56. The van der Waals surface area contributed by atoms with Crippen LogP contribution in [0.4, 0.5) is 0 Å². The van der Waals surface area contributed by atoms with Gasteiger partial charge in [0.2, 0.25) is 25.6 Å². The molecule has 0 unspecified atom stereocenters. The highest BCUT2D eigenvalue weighted by Crippen LogP contribution is 2.50. The molecule has 8 heterocycles. The molecular weight excluding hydrogens is 1240 g/mol. The van der Waals surface area contributed by atoms with Gasteiger partial charge in [0, 0.05) is 87.2 Å². The average molecular weight is 1290 g/mol. The molecule has 0 radical (unpaired) electrons. The van der Waals surface area contributed by atoms with Gasteiger partial charge in [-0.15, -0.1) is 0 Å². The maximum absolute atomic E-state index is 15.5. The van der Waals surface area contributed by atoms with Crippen LogP contribution in [-0.2, 0) is 19.7 Å². The number of nitrogens with zero attached hydrogens (tertiary/aromatic N) is 6. The molecule has 0 saturated heterocycles. The zero-order valence-corrected chi connectivity index (χ0v) is 52.5. The minimum absolute atomic E-state index is 0.161. The summed E-state index contributed by atoms with van der Waals surface area (Å²) in [4.78, 5) is 46.4. The molecule has 2 aliphatic rings. The number of rotatable bonds is 6. The first-order valence-corrected chi connectivity index (χ1v) is 34.8. The monoisotopic (exact) mass is 1280 g/mol. The molecule has 0 atom stereocenters. The molecule has 21 rings (SSSR count). The number of benzene rings is 13. The summed E-state index contributed by atoms with van der Waals surface area (Å²) in [5, 5.41) is 9.70. The molecular formula is C83H44N6O6S2. The van der Waals surface area contributed by atoms with E-state index in [-0.39, 0.29) is 25.8 Å². The Kier molecular flexibility index (Phi) is 10.6. The first kappa shape index (κ1) is 54.0. The maximum atomic E-state index is 15.5. The van der Waals surface area contributed by atoms with Crippen molar-refractivity contribution in [2.24, 2.45) is 0 Å². The van der Waals surface area contributed by atoms with Crippen LogP contribution in [0, 0.1) is 0 Å². The van der Waals surface area contributed by atoms with Gasteiger partial charge in [-0.25, -0.2) is 21.8 Å². The number of pyridine rings is 2. The van der Waals surface area contributed by atoms with Gasteiger partial charge in [-0.3, -0.25) is 23.0 Å². The minimum Gasteiger partial charge on any atom is -0.278 e. The molecule has 6 aromatic heterocycles. The summed E-state index contributed by atoms with van der Waals surface area (Å²) in [7, 11) is -7.76. The molecule has 14 heteroatoms. The summed E-state index contributed by atoms with van der Waals surface area (Å²) in [6.45, 7) is 0. The van der Waals surface area contributed by atoms with Crippen molar-refractivity contribution in [2.75, 3.05) is 0 Å². The van der Waals surface area contributed by atoms with E-state index in [0.717, 1.165) is 115 Å². The van der Waals surface area contributed by atoms with Crippen molar-refractivity contribution in [3.05, 3.63) is 288 Å². The van der Waals surface area contributed by atoms with Crippen molar-refractivity contribution < 1.29 is 16.8 Å². The number of hydrogen-bond donors (Lipinski definition) is 0. The van der Waals surface area contributed by atoms with E-state index in [9.17, 15) is 21.6 Å². The van der Waals surface area contributed by atoms with Crippen LogP contribution in [0.5, 0.6) is 0 Å². The largest absolute Gasteiger partial charge is 0.278 e. The van der Waals surface area contributed by atoms with Crippen molar-refractivity contribution in [2.45, 2.75) is 19.6 Å². The Labute approximate surface area is 550 Å². The van der Waals surface area contributed by atoms with Crippen molar-refractivity contribution in [1.82, 2.24) is 28.3 Å². The van der Waals surface area contributed by atoms with Crippen LogP contribution in [0.3, 0.4) is 0 Å². The topological polar surface area (TPSA) is 155 Å². The molecule has 12 nitrogen and oxygen atoms in total.